The van der Waals surface area contributed by atoms with Crippen molar-refractivity contribution in [3.05, 3.63) is 42.2 Å². The summed E-state index contributed by atoms with van der Waals surface area (Å²) in [5, 5.41) is 2.61. The zero-order chi connectivity index (χ0) is 20.1. The number of hydrogen-bond acceptors (Lipinski definition) is 5. The maximum Gasteiger partial charge on any atom is 0.416 e. The van der Waals surface area contributed by atoms with Gasteiger partial charge in [0.25, 0.3) is 0 Å². The summed E-state index contributed by atoms with van der Waals surface area (Å²) in [4.78, 5) is 22.1. The second kappa shape index (κ2) is 8.32. The first kappa shape index (κ1) is 19.7. The van der Waals surface area contributed by atoms with E-state index in [1.165, 1.54) is 31.6 Å². The van der Waals surface area contributed by atoms with Crippen LogP contribution >= 0.6 is 0 Å². The predicted molar refractivity (Wildman–Crippen MR) is 94.3 cm³/mol. The summed E-state index contributed by atoms with van der Waals surface area (Å²) in [5.41, 5.74) is -0.476. The van der Waals surface area contributed by atoms with E-state index in [4.69, 9.17) is 9.47 Å². The number of hydrogen-bond donors (Lipinski definition) is 1. The molecule has 0 aliphatic carbocycles. The van der Waals surface area contributed by atoms with Gasteiger partial charge in [-0.15, -0.1) is 0 Å². The number of carbonyl (C=O) groups is 1. The molecule has 3 rings (SSSR count). The van der Waals surface area contributed by atoms with E-state index in [1.54, 1.807) is 4.90 Å². The van der Waals surface area contributed by atoms with Gasteiger partial charge in [0.1, 0.15) is 6.10 Å². The number of urea groups is 1. The number of anilines is 1. The van der Waals surface area contributed by atoms with Gasteiger partial charge in [0.15, 0.2) is 0 Å². The number of methoxy groups -OCH3 is 1. The largest absolute Gasteiger partial charge is 0.480 e. The van der Waals surface area contributed by atoms with Gasteiger partial charge in [-0.1, -0.05) is 0 Å². The first-order valence-electron chi connectivity index (χ1n) is 8.61. The monoisotopic (exact) mass is 396 g/mol. The maximum absolute atomic E-state index is 12.6. The zero-order valence-corrected chi connectivity index (χ0v) is 15.1. The van der Waals surface area contributed by atoms with Crippen LogP contribution in [0.1, 0.15) is 18.4 Å². The average molecular weight is 396 g/mol. The molecule has 1 aliphatic rings. The fraction of sp³-hybridized carbons (Fsp3) is 0.389. The highest BCUT2D eigenvalue weighted by Gasteiger charge is 2.30. The number of ether oxygens (including phenoxy) is 2. The highest BCUT2D eigenvalue weighted by Crippen LogP contribution is 2.30. The lowest BCUT2D eigenvalue weighted by Gasteiger charge is -2.32. The minimum Gasteiger partial charge on any atom is -0.480 e. The summed E-state index contributed by atoms with van der Waals surface area (Å²) in [6.45, 7) is 0.849. The molecule has 2 aromatic rings. The SMILES string of the molecule is COc1cncc(OC2CCCN(C(=O)Nc3ccc(C(F)(F)F)cc3)C2)n1. The molecule has 1 aromatic heterocycles. The van der Waals surface area contributed by atoms with Crippen LogP contribution in [0, 0.1) is 0 Å². The van der Waals surface area contributed by atoms with E-state index in [0.29, 0.717) is 30.5 Å². The molecule has 0 radical (unpaired) electrons. The van der Waals surface area contributed by atoms with Crippen LogP contribution in [-0.2, 0) is 6.18 Å². The Balaban J connectivity index is 1.58. The van der Waals surface area contributed by atoms with Crippen LogP contribution in [0.4, 0.5) is 23.7 Å². The van der Waals surface area contributed by atoms with Gasteiger partial charge >= 0.3 is 12.2 Å². The van der Waals surface area contributed by atoms with Gasteiger partial charge in [-0.3, -0.25) is 4.98 Å². The molecule has 2 heterocycles. The molecule has 0 bridgehead atoms. The van der Waals surface area contributed by atoms with Gasteiger partial charge < -0.3 is 19.7 Å². The summed E-state index contributed by atoms with van der Waals surface area (Å²) >= 11 is 0. The van der Waals surface area contributed by atoms with Gasteiger partial charge in [0.05, 0.1) is 31.6 Å². The predicted octanol–water partition coefficient (Wildman–Crippen LogP) is 3.58. The topological polar surface area (TPSA) is 76.6 Å². The molecular weight excluding hydrogens is 377 g/mol. The Morgan fingerprint density at radius 1 is 1.21 bits per heavy atom. The molecule has 150 valence electrons. The minimum absolute atomic E-state index is 0.270. The van der Waals surface area contributed by atoms with E-state index in [1.807, 2.05) is 0 Å². The number of nitrogens with one attached hydrogen (secondary N) is 1. The molecule has 28 heavy (non-hydrogen) atoms. The molecule has 1 saturated heterocycles. The third-order valence-corrected chi connectivity index (χ3v) is 4.22. The lowest BCUT2D eigenvalue weighted by atomic mass is 10.1. The third kappa shape index (κ3) is 5.02. The van der Waals surface area contributed by atoms with Gasteiger partial charge in [-0.05, 0) is 37.1 Å². The Kier molecular flexibility index (Phi) is 5.86. The van der Waals surface area contributed by atoms with E-state index in [9.17, 15) is 18.0 Å². The molecule has 7 nitrogen and oxygen atoms in total. The second-order valence-electron chi connectivity index (χ2n) is 6.23. The number of carbonyl (C=O) groups excluding carboxylic acids is 1. The van der Waals surface area contributed by atoms with E-state index in [0.717, 1.165) is 25.0 Å². The van der Waals surface area contributed by atoms with E-state index >= 15 is 0 Å². The van der Waals surface area contributed by atoms with Gasteiger partial charge in [-0.2, -0.15) is 18.2 Å². The van der Waals surface area contributed by atoms with Crippen LogP contribution in [-0.4, -0.2) is 47.2 Å². The highest BCUT2D eigenvalue weighted by molar-refractivity contribution is 5.89. The van der Waals surface area contributed by atoms with Crippen molar-refractivity contribution in [3.63, 3.8) is 0 Å². The fourth-order valence-electron chi connectivity index (χ4n) is 2.82. The lowest BCUT2D eigenvalue weighted by molar-refractivity contribution is -0.137. The van der Waals surface area contributed by atoms with Gasteiger partial charge in [0.2, 0.25) is 11.8 Å². The molecule has 1 atom stereocenters. The standard InChI is InChI=1S/C18H19F3N4O3/c1-27-15-9-22-10-16(24-15)28-14-3-2-8-25(11-14)17(26)23-13-6-4-12(5-7-13)18(19,20)21/h4-7,9-10,14H,2-3,8,11H2,1H3,(H,23,26). The van der Waals surface area contributed by atoms with Crippen LogP contribution in [0.2, 0.25) is 0 Å². The molecule has 1 unspecified atom stereocenters. The Morgan fingerprint density at radius 2 is 1.93 bits per heavy atom. The van der Waals surface area contributed by atoms with E-state index in [2.05, 4.69) is 15.3 Å². The first-order valence-corrected chi connectivity index (χ1v) is 8.61. The average Bonchev–Trinajstić information content (AvgIpc) is 2.68. The summed E-state index contributed by atoms with van der Waals surface area (Å²) in [5.74, 6) is 0.625. The number of piperidine rings is 1. The zero-order valence-electron chi connectivity index (χ0n) is 15.1. The Labute approximate surface area is 159 Å². The molecule has 1 N–H and O–H groups in total. The summed E-state index contributed by atoms with van der Waals surface area (Å²) in [6, 6.07) is 3.91. The van der Waals surface area contributed by atoms with Crippen LogP contribution < -0.4 is 14.8 Å². The molecule has 1 aliphatic heterocycles. The van der Waals surface area contributed by atoms with E-state index in [-0.39, 0.29) is 6.10 Å². The van der Waals surface area contributed by atoms with Crippen LogP contribution in [0.3, 0.4) is 0 Å². The summed E-state index contributed by atoms with van der Waals surface area (Å²) in [6.07, 6.45) is -0.302. The number of nitrogens with zero attached hydrogens (tertiary/aromatic N) is 3. The lowest BCUT2D eigenvalue weighted by Crippen LogP contribution is -2.46. The van der Waals surface area contributed by atoms with Gasteiger partial charge in [-0.25, -0.2) is 4.79 Å². The van der Waals surface area contributed by atoms with Crippen LogP contribution in [0.5, 0.6) is 11.8 Å². The fourth-order valence-corrected chi connectivity index (χ4v) is 2.82. The number of rotatable bonds is 4. The molecule has 1 aromatic carbocycles. The summed E-state index contributed by atoms with van der Waals surface area (Å²) < 4.78 is 48.6. The van der Waals surface area contributed by atoms with Crippen molar-refractivity contribution in [2.24, 2.45) is 0 Å². The van der Waals surface area contributed by atoms with Crippen molar-refractivity contribution in [1.29, 1.82) is 0 Å². The van der Waals surface area contributed by atoms with Crippen LogP contribution in [0.15, 0.2) is 36.7 Å². The minimum atomic E-state index is -4.41. The second-order valence-corrected chi connectivity index (χ2v) is 6.23. The number of amides is 2. The number of halogens is 3. The number of benzene rings is 1. The number of alkyl halides is 3. The Morgan fingerprint density at radius 3 is 2.61 bits per heavy atom. The van der Waals surface area contributed by atoms with E-state index < -0.39 is 17.8 Å². The van der Waals surface area contributed by atoms with Crippen molar-refractivity contribution in [1.82, 2.24) is 14.9 Å². The molecule has 0 saturated carbocycles. The molecule has 0 spiro atoms. The Bertz CT molecular complexity index is 814. The Hall–Kier alpha value is -3.04. The van der Waals surface area contributed by atoms with Crippen LogP contribution in [0.25, 0.3) is 0 Å². The summed E-state index contributed by atoms with van der Waals surface area (Å²) in [7, 11) is 1.47. The maximum atomic E-state index is 12.6. The van der Waals surface area contributed by atoms with Gasteiger partial charge in [0, 0.05) is 12.2 Å². The third-order valence-electron chi connectivity index (χ3n) is 4.22. The first-order chi connectivity index (χ1) is 13.3. The van der Waals surface area contributed by atoms with Crippen molar-refractivity contribution < 1.29 is 27.4 Å². The smallest absolute Gasteiger partial charge is 0.416 e. The normalized spacial score (nSPS) is 17.1. The highest BCUT2D eigenvalue weighted by atomic mass is 19.4. The molecule has 1 fully saturated rings. The molecule has 10 heteroatoms. The number of likely N-dealkylation sites (tertiary alicyclic amines) is 1. The quantitative estimate of drug-likeness (QED) is 0.855. The van der Waals surface area contributed by atoms with Crippen molar-refractivity contribution in [2.45, 2.75) is 25.1 Å². The van der Waals surface area contributed by atoms with Crippen molar-refractivity contribution in [2.75, 3.05) is 25.5 Å². The number of aromatic nitrogens is 2. The molecular formula is C18H19F3N4O3. The van der Waals surface area contributed by atoms with Crippen molar-refractivity contribution >= 4 is 11.7 Å². The molecule has 2 amide bonds. The van der Waals surface area contributed by atoms with Crippen molar-refractivity contribution in [3.8, 4) is 11.8 Å².